The normalized spacial score (nSPS) is 10.9. The summed E-state index contributed by atoms with van der Waals surface area (Å²) in [6.45, 7) is 6.86. The fourth-order valence-electron chi connectivity index (χ4n) is 1.96. The number of benzene rings is 1. The third-order valence-electron chi connectivity index (χ3n) is 3.25. The Labute approximate surface area is 141 Å². The van der Waals surface area contributed by atoms with E-state index >= 15 is 0 Å². The summed E-state index contributed by atoms with van der Waals surface area (Å²) >= 11 is 5.82. The first kappa shape index (κ1) is 17.9. The summed E-state index contributed by atoms with van der Waals surface area (Å²) in [6, 6.07) is 11.1. The van der Waals surface area contributed by atoms with E-state index in [-0.39, 0.29) is 28.2 Å². The Kier molecular flexibility index (Phi) is 6.11. The predicted molar refractivity (Wildman–Crippen MR) is 81.1 cm³/mol. The maximum absolute atomic E-state index is 12.1. The Morgan fingerprint density at radius 1 is 1.05 bits per heavy atom. The fraction of sp³-hybridized carbons (Fsp3) is 0.294. The Balaban J connectivity index is 0.00000220. The molecule has 4 heteroatoms. The van der Waals surface area contributed by atoms with Gasteiger partial charge >= 0.3 is 0 Å². The molecule has 0 spiro atoms. The molecule has 0 radical (unpaired) electrons. The summed E-state index contributed by atoms with van der Waals surface area (Å²) in [5, 5.41) is 0.642. The number of aromatic nitrogens is 1. The predicted octanol–water partition coefficient (Wildman–Crippen LogP) is 0.812. The molecule has 0 atom stereocenters. The molecule has 2 nitrogen and oxygen atoms in total. The number of rotatable bonds is 3. The van der Waals surface area contributed by atoms with E-state index < -0.39 is 0 Å². The lowest BCUT2D eigenvalue weighted by Gasteiger charge is -2.17. The summed E-state index contributed by atoms with van der Waals surface area (Å²) in [7, 11) is 0. The van der Waals surface area contributed by atoms with Crippen LogP contribution in [0.15, 0.2) is 48.8 Å². The molecule has 1 heterocycles. The van der Waals surface area contributed by atoms with E-state index in [1.165, 1.54) is 5.56 Å². The number of Topliss-reactive ketones (excluding diaryl/α,β-unsaturated/α-hetero) is 1. The second-order valence-corrected chi connectivity index (χ2v) is 6.38. The van der Waals surface area contributed by atoms with Crippen LogP contribution in [-0.2, 0) is 12.0 Å². The molecule has 0 aliphatic rings. The Morgan fingerprint density at radius 3 is 2.05 bits per heavy atom. The van der Waals surface area contributed by atoms with Gasteiger partial charge in [0.25, 0.3) is 0 Å². The summed E-state index contributed by atoms with van der Waals surface area (Å²) in [5.41, 5.74) is 2.06. The number of carbonyl (C=O) groups excluding carboxylic acids is 1. The molecule has 0 unspecified atom stereocenters. The molecular weight excluding hydrogens is 350 g/mol. The van der Waals surface area contributed by atoms with Crippen LogP contribution in [0.2, 0.25) is 5.02 Å². The van der Waals surface area contributed by atoms with Crippen molar-refractivity contribution in [2.45, 2.75) is 32.7 Å². The average molecular weight is 369 g/mol. The molecule has 2 aromatic rings. The van der Waals surface area contributed by atoms with Gasteiger partial charge in [-0.2, -0.15) is 4.57 Å². The molecule has 0 aliphatic heterocycles. The van der Waals surface area contributed by atoms with Crippen molar-refractivity contribution in [3.05, 3.63) is 64.9 Å². The molecule has 21 heavy (non-hydrogen) atoms. The number of carbonyl (C=O) groups is 1. The minimum absolute atomic E-state index is 0. The maximum atomic E-state index is 12.1. The molecule has 0 N–H and O–H groups in total. The lowest BCUT2D eigenvalue weighted by Crippen LogP contribution is -3.00. The van der Waals surface area contributed by atoms with Crippen LogP contribution in [0.5, 0.6) is 0 Å². The van der Waals surface area contributed by atoms with E-state index in [1.54, 1.807) is 24.3 Å². The van der Waals surface area contributed by atoms with Crippen LogP contribution in [0.1, 0.15) is 36.7 Å². The topological polar surface area (TPSA) is 20.9 Å². The van der Waals surface area contributed by atoms with Gasteiger partial charge in [0.1, 0.15) is 0 Å². The standard InChI is InChI=1S/C17H19ClNO.BrH/c1-17(2,3)14-8-10-19(11-9-14)12-16(20)13-4-6-15(18)7-5-13;/h4-11H,12H2,1-3H3;1H/q+1;/p-1. The second kappa shape index (κ2) is 7.19. The molecular formula is C17H19BrClNO. The van der Waals surface area contributed by atoms with Crippen molar-refractivity contribution in [3.63, 3.8) is 0 Å². The first-order chi connectivity index (χ1) is 9.36. The van der Waals surface area contributed by atoms with Gasteiger partial charge in [0, 0.05) is 22.7 Å². The van der Waals surface area contributed by atoms with Gasteiger partial charge < -0.3 is 17.0 Å². The number of nitrogens with zero attached hydrogens (tertiary/aromatic N) is 1. The molecule has 2 rings (SSSR count). The molecule has 0 saturated heterocycles. The van der Waals surface area contributed by atoms with Crippen molar-refractivity contribution in [1.82, 2.24) is 0 Å². The zero-order valence-corrected chi connectivity index (χ0v) is 14.8. The van der Waals surface area contributed by atoms with E-state index in [4.69, 9.17) is 11.6 Å². The Hall–Kier alpha value is -1.19. The molecule has 0 fully saturated rings. The first-order valence-electron chi connectivity index (χ1n) is 6.64. The van der Waals surface area contributed by atoms with Crippen LogP contribution < -0.4 is 21.5 Å². The lowest BCUT2D eigenvalue weighted by molar-refractivity contribution is -0.683. The number of hydrogen-bond donors (Lipinski definition) is 0. The Morgan fingerprint density at radius 2 is 1.57 bits per heavy atom. The quantitative estimate of drug-likeness (QED) is 0.580. The van der Waals surface area contributed by atoms with Crippen molar-refractivity contribution in [3.8, 4) is 0 Å². The van der Waals surface area contributed by atoms with E-state index in [0.717, 1.165) is 0 Å². The van der Waals surface area contributed by atoms with Crippen LogP contribution in [0.4, 0.5) is 0 Å². The van der Waals surface area contributed by atoms with Gasteiger partial charge in [0.2, 0.25) is 12.3 Å². The lowest BCUT2D eigenvalue weighted by atomic mass is 9.88. The maximum Gasteiger partial charge on any atom is 0.227 e. The highest BCUT2D eigenvalue weighted by molar-refractivity contribution is 6.30. The van der Waals surface area contributed by atoms with Crippen LogP contribution in [0.3, 0.4) is 0 Å². The number of halogens is 2. The highest BCUT2D eigenvalue weighted by Crippen LogP contribution is 2.20. The van der Waals surface area contributed by atoms with Crippen molar-refractivity contribution >= 4 is 17.4 Å². The van der Waals surface area contributed by atoms with E-state index in [9.17, 15) is 4.79 Å². The van der Waals surface area contributed by atoms with Crippen molar-refractivity contribution < 1.29 is 26.3 Å². The van der Waals surface area contributed by atoms with Gasteiger partial charge in [-0.3, -0.25) is 4.79 Å². The highest BCUT2D eigenvalue weighted by Gasteiger charge is 2.16. The zero-order valence-electron chi connectivity index (χ0n) is 12.4. The third-order valence-corrected chi connectivity index (χ3v) is 3.50. The molecule has 112 valence electrons. The number of ketones is 1. The van der Waals surface area contributed by atoms with Gasteiger partial charge in [-0.25, -0.2) is 0 Å². The molecule has 1 aromatic carbocycles. The van der Waals surface area contributed by atoms with Crippen LogP contribution >= 0.6 is 11.6 Å². The number of hydrogen-bond acceptors (Lipinski definition) is 1. The molecule has 0 bridgehead atoms. The van der Waals surface area contributed by atoms with Crippen molar-refractivity contribution in [2.75, 3.05) is 0 Å². The second-order valence-electron chi connectivity index (χ2n) is 5.94. The zero-order chi connectivity index (χ0) is 14.8. The van der Waals surface area contributed by atoms with E-state index in [0.29, 0.717) is 17.1 Å². The van der Waals surface area contributed by atoms with Gasteiger partial charge in [-0.05, 0) is 35.2 Å². The fourth-order valence-corrected chi connectivity index (χ4v) is 2.08. The molecule has 0 saturated carbocycles. The third kappa shape index (κ3) is 4.94. The van der Waals surface area contributed by atoms with Crippen molar-refractivity contribution in [2.24, 2.45) is 0 Å². The van der Waals surface area contributed by atoms with Crippen LogP contribution in [0.25, 0.3) is 0 Å². The molecule has 1 aromatic heterocycles. The van der Waals surface area contributed by atoms with Crippen molar-refractivity contribution in [1.29, 1.82) is 0 Å². The summed E-state index contributed by atoms with van der Waals surface area (Å²) < 4.78 is 1.90. The van der Waals surface area contributed by atoms with Gasteiger partial charge in [0.15, 0.2) is 12.4 Å². The van der Waals surface area contributed by atoms with E-state index in [1.807, 2.05) is 17.0 Å². The molecule has 0 amide bonds. The van der Waals surface area contributed by atoms with Gasteiger partial charge in [-0.1, -0.05) is 32.4 Å². The van der Waals surface area contributed by atoms with Crippen LogP contribution in [-0.4, -0.2) is 5.78 Å². The minimum atomic E-state index is 0. The minimum Gasteiger partial charge on any atom is -1.00 e. The summed E-state index contributed by atoms with van der Waals surface area (Å²) in [5.74, 6) is 0.0789. The monoisotopic (exact) mass is 367 g/mol. The smallest absolute Gasteiger partial charge is 0.227 e. The largest absolute Gasteiger partial charge is 1.00 e. The number of pyridine rings is 1. The summed E-state index contributed by atoms with van der Waals surface area (Å²) in [4.78, 5) is 12.1. The van der Waals surface area contributed by atoms with Gasteiger partial charge in [-0.15, -0.1) is 0 Å². The highest BCUT2D eigenvalue weighted by atomic mass is 79.9. The molecule has 0 aliphatic carbocycles. The SMILES string of the molecule is CC(C)(C)c1cc[n+](CC(=O)c2ccc(Cl)cc2)cc1.[Br-]. The Bertz CT molecular complexity index is 600. The first-order valence-corrected chi connectivity index (χ1v) is 7.02. The summed E-state index contributed by atoms with van der Waals surface area (Å²) in [6.07, 6.45) is 3.91. The average Bonchev–Trinajstić information content (AvgIpc) is 2.39. The van der Waals surface area contributed by atoms with Crippen LogP contribution in [0, 0.1) is 0 Å². The van der Waals surface area contributed by atoms with Gasteiger partial charge in [0.05, 0.1) is 0 Å². The van der Waals surface area contributed by atoms with E-state index in [2.05, 4.69) is 32.9 Å².